The van der Waals surface area contributed by atoms with Gasteiger partial charge in [0, 0.05) is 31.1 Å². The highest BCUT2D eigenvalue weighted by atomic mass is 32.3. The molecule has 2 atom stereocenters. The van der Waals surface area contributed by atoms with Gasteiger partial charge >= 0.3 is 28.6 Å². The topological polar surface area (TPSA) is 196 Å². The van der Waals surface area contributed by atoms with Crippen molar-refractivity contribution in [2.45, 2.75) is 71.2 Å². The van der Waals surface area contributed by atoms with Crippen LogP contribution in [0.25, 0.3) is 0 Å². The molecule has 0 unspecified atom stereocenters. The van der Waals surface area contributed by atoms with Gasteiger partial charge in [-0.25, -0.2) is 14.4 Å². The van der Waals surface area contributed by atoms with E-state index in [0.29, 0.717) is 21.1 Å². The number of fused-ring (bicyclic) bond motifs is 4. The van der Waals surface area contributed by atoms with E-state index in [-0.39, 0.29) is 25.5 Å². The van der Waals surface area contributed by atoms with Gasteiger partial charge in [-0.3, -0.25) is 25.0 Å². The van der Waals surface area contributed by atoms with E-state index in [9.17, 15) is 32.1 Å². The van der Waals surface area contributed by atoms with Crippen molar-refractivity contribution in [1.82, 2.24) is 25.5 Å². The third-order valence-corrected chi connectivity index (χ3v) is 7.15. The Morgan fingerprint density at radius 1 is 1.10 bits per heavy atom. The maximum atomic E-state index is 13.2. The molecule has 42 heavy (non-hydrogen) atoms. The molecule has 2 aliphatic rings. The fourth-order valence-corrected chi connectivity index (χ4v) is 5.81. The van der Waals surface area contributed by atoms with E-state index >= 15 is 0 Å². The van der Waals surface area contributed by atoms with E-state index in [4.69, 9.17) is 9.47 Å². The standard InChI is InChI=1S/C24H36N6O10S2/c1-23(2,3)38-20(32)26-19(27-21(33)39-24(4,5)6)25-10-9-13-12-41-17-14-11-29(16(15(13)17)18(31)28(7)8)22(34)30(14)40-42(35,36)37/h12,14,16H,9-11H2,1-8H3,(H,35,36,37)(H2,25,26,27,32,33)/t14-,16-/m0/s1. The number of alkyl carbamates (subject to hydrolysis) is 2. The van der Waals surface area contributed by atoms with Crippen molar-refractivity contribution in [3.05, 3.63) is 21.4 Å². The summed E-state index contributed by atoms with van der Waals surface area (Å²) in [6.45, 7) is 10.0. The summed E-state index contributed by atoms with van der Waals surface area (Å²) >= 11 is 1.19. The van der Waals surface area contributed by atoms with Gasteiger partial charge in [0.2, 0.25) is 11.9 Å². The van der Waals surface area contributed by atoms with Crippen LogP contribution in [0.2, 0.25) is 0 Å². The molecule has 0 aliphatic carbocycles. The summed E-state index contributed by atoms with van der Waals surface area (Å²) in [5.41, 5.74) is -0.515. The molecule has 3 N–H and O–H groups in total. The minimum absolute atomic E-state index is 0.0107. The first-order valence-corrected chi connectivity index (χ1v) is 15.0. The van der Waals surface area contributed by atoms with Crippen LogP contribution in [-0.4, -0.2) is 96.3 Å². The third kappa shape index (κ3) is 8.30. The lowest BCUT2D eigenvalue weighted by Crippen LogP contribution is -2.47. The van der Waals surface area contributed by atoms with Crippen molar-refractivity contribution in [1.29, 1.82) is 0 Å². The zero-order valence-corrected chi connectivity index (χ0v) is 26.2. The van der Waals surface area contributed by atoms with Crippen LogP contribution in [0, 0.1) is 0 Å². The first-order chi connectivity index (χ1) is 19.2. The maximum Gasteiger partial charge on any atom is 0.418 e. The summed E-state index contributed by atoms with van der Waals surface area (Å²) in [4.78, 5) is 58.4. The Kier molecular flexibility index (Phi) is 9.45. The molecular formula is C24H36N6O10S2. The monoisotopic (exact) mass is 632 g/mol. The molecule has 3 heterocycles. The second kappa shape index (κ2) is 12.0. The minimum atomic E-state index is -5.02. The molecule has 3 rings (SSSR count). The molecule has 0 aromatic carbocycles. The number of rotatable bonds is 6. The molecular weight excluding hydrogens is 596 g/mol. The minimum Gasteiger partial charge on any atom is -0.444 e. The van der Waals surface area contributed by atoms with Crippen molar-refractivity contribution in [3.63, 3.8) is 0 Å². The number of aliphatic imine (C=N–C) groups is 1. The Hall–Kier alpha value is -3.48. The van der Waals surface area contributed by atoms with Crippen LogP contribution in [0.3, 0.4) is 0 Å². The molecule has 0 saturated carbocycles. The number of thiophene rings is 1. The number of nitrogens with one attached hydrogen (secondary N) is 2. The summed E-state index contributed by atoms with van der Waals surface area (Å²) in [6, 6.07) is -2.87. The molecule has 2 aliphatic heterocycles. The Balaban J connectivity index is 1.91. The predicted molar refractivity (Wildman–Crippen MR) is 150 cm³/mol. The van der Waals surface area contributed by atoms with Gasteiger partial charge in [-0.2, -0.15) is 13.5 Å². The number of hydrogen-bond acceptors (Lipinski definition) is 11. The number of carbonyl (C=O) groups excluding carboxylic acids is 4. The van der Waals surface area contributed by atoms with Crippen molar-refractivity contribution in [2.24, 2.45) is 4.99 Å². The van der Waals surface area contributed by atoms with E-state index in [1.807, 2.05) is 0 Å². The van der Waals surface area contributed by atoms with Gasteiger partial charge in [-0.05, 0) is 58.9 Å². The van der Waals surface area contributed by atoms with Gasteiger partial charge in [0.25, 0.3) is 0 Å². The highest BCUT2D eigenvalue weighted by Gasteiger charge is 2.54. The average Bonchev–Trinajstić information content (AvgIpc) is 3.31. The SMILES string of the molecule is CN(C)C(=O)[C@@H]1c2c(CCN=C(NC(=O)OC(C)(C)C)NC(=O)OC(C)(C)C)csc2[C@@H]2CN1C(=O)N2OS(=O)(=O)O. The number of guanidine groups is 1. The molecule has 1 fully saturated rings. The van der Waals surface area contributed by atoms with Crippen LogP contribution in [0.15, 0.2) is 10.4 Å². The summed E-state index contributed by atoms with van der Waals surface area (Å²) < 4.78 is 47.1. The van der Waals surface area contributed by atoms with Crippen molar-refractivity contribution in [2.75, 3.05) is 27.2 Å². The van der Waals surface area contributed by atoms with Gasteiger partial charge in [0.15, 0.2) is 0 Å². The van der Waals surface area contributed by atoms with Crippen LogP contribution in [0.5, 0.6) is 0 Å². The first kappa shape index (κ1) is 33.0. The zero-order chi connectivity index (χ0) is 31.8. The number of carbonyl (C=O) groups is 4. The summed E-state index contributed by atoms with van der Waals surface area (Å²) in [7, 11) is -1.97. The maximum absolute atomic E-state index is 13.2. The third-order valence-electron chi connectivity index (χ3n) is 5.65. The number of nitrogens with zero attached hydrogens (tertiary/aromatic N) is 4. The van der Waals surface area contributed by atoms with Crippen LogP contribution in [0.4, 0.5) is 14.4 Å². The van der Waals surface area contributed by atoms with Crippen LogP contribution < -0.4 is 10.6 Å². The van der Waals surface area contributed by atoms with Crippen LogP contribution in [0.1, 0.15) is 69.6 Å². The highest BCUT2D eigenvalue weighted by molar-refractivity contribution is 7.80. The van der Waals surface area contributed by atoms with E-state index in [2.05, 4.69) is 19.9 Å². The smallest absolute Gasteiger partial charge is 0.418 e. The molecule has 16 nitrogen and oxygen atoms in total. The lowest BCUT2D eigenvalue weighted by atomic mass is 9.93. The lowest BCUT2D eigenvalue weighted by Gasteiger charge is -2.32. The summed E-state index contributed by atoms with van der Waals surface area (Å²) in [5.74, 6) is -0.658. The number of ether oxygens (including phenoxy) is 2. The van der Waals surface area contributed by atoms with E-state index in [1.54, 1.807) is 46.9 Å². The number of amides is 5. The number of urea groups is 1. The van der Waals surface area contributed by atoms with E-state index in [1.165, 1.54) is 35.2 Å². The van der Waals surface area contributed by atoms with Crippen LogP contribution in [-0.2, 0) is 35.4 Å². The molecule has 1 aromatic rings. The molecule has 1 saturated heterocycles. The van der Waals surface area contributed by atoms with Crippen molar-refractivity contribution >= 4 is 51.8 Å². The second-order valence-corrected chi connectivity index (χ2v) is 13.6. The molecule has 2 bridgehead atoms. The van der Waals surface area contributed by atoms with Gasteiger partial charge in [0.05, 0.1) is 6.54 Å². The predicted octanol–water partition coefficient (Wildman–Crippen LogP) is 2.35. The van der Waals surface area contributed by atoms with Crippen molar-refractivity contribution in [3.8, 4) is 0 Å². The Labute approximate surface area is 247 Å². The Morgan fingerprint density at radius 2 is 1.64 bits per heavy atom. The number of hydroxylamine groups is 2. The van der Waals surface area contributed by atoms with Gasteiger partial charge in [-0.15, -0.1) is 15.6 Å². The number of hydrogen-bond donors (Lipinski definition) is 3. The van der Waals surface area contributed by atoms with E-state index < -0.39 is 57.8 Å². The molecule has 234 valence electrons. The quantitative estimate of drug-likeness (QED) is 0.238. The first-order valence-electron chi connectivity index (χ1n) is 12.8. The Bertz CT molecular complexity index is 1340. The molecule has 1 aromatic heterocycles. The molecule has 0 spiro atoms. The normalized spacial score (nSPS) is 18.3. The molecule has 18 heteroatoms. The van der Waals surface area contributed by atoms with Gasteiger partial charge in [-0.1, -0.05) is 0 Å². The zero-order valence-electron chi connectivity index (χ0n) is 24.6. The second-order valence-electron chi connectivity index (χ2n) is 11.7. The van der Waals surface area contributed by atoms with E-state index in [0.717, 1.165) is 0 Å². The van der Waals surface area contributed by atoms with Gasteiger partial charge in [0.1, 0.15) is 23.3 Å². The summed E-state index contributed by atoms with van der Waals surface area (Å²) in [5, 5.41) is 7.08. The average molecular weight is 633 g/mol. The largest absolute Gasteiger partial charge is 0.444 e. The molecule has 0 radical (unpaired) electrons. The number of likely N-dealkylation sites (N-methyl/N-ethyl adjacent to an activating group) is 1. The van der Waals surface area contributed by atoms with Gasteiger partial charge < -0.3 is 19.3 Å². The fourth-order valence-electron chi connectivity index (χ4n) is 4.23. The summed E-state index contributed by atoms with van der Waals surface area (Å²) in [6.07, 6.45) is -1.51. The Morgan fingerprint density at radius 3 is 2.12 bits per heavy atom. The fraction of sp³-hybridized carbons (Fsp3) is 0.625. The molecule has 5 amide bonds. The van der Waals surface area contributed by atoms with Crippen molar-refractivity contribution < 1.29 is 45.9 Å². The lowest BCUT2D eigenvalue weighted by molar-refractivity contribution is -0.133. The highest BCUT2D eigenvalue weighted by Crippen LogP contribution is 2.48. The van der Waals surface area contributed by atoms with Crippen LogP contribution >= 0.6 is 11.3 Å².